The lowest BCUT2D eigenvalue weighted by Crippen LogP contribution is -2.17. The molecule has 0 aromatic heterocycles. The summed E-state index contributed by atoms with van der Waals surface area (Å²) in [5.74, 6) is -1.13. The highest BCUT2D eigenvalue weighted by Gasteiger charge is 2.27. The summed E-state index contributed by atoms with van der Waals surface area (Å²) in [4.78, 5) is 0. The van der Waals surface area contributed by atoms with Gasteiger partial charge >= 0.3 is 0 Å². The summed E-state index contributed by atoms with van der Waals surface area (Å²) in [6, 6.07) is 8.90. The molecule has 0 saturated heterocycles. The van der Waals surface area contributed by atoms with Crippen LogP contribution < -0.4 is 0 Å². The van der Waals surface area contributed by atoms with E-state index in [9.17, 15) is 13.2 Å². The van der Waals surface area contributed by atoms with Crippen LogP contribution >= 0.6 is 0 Å². The van der Waals surface area contributed by atoms with Gasteiger partial charge in [0.05, 0.1) is 0 Å². The second-order valence-corrected chi connectivity index (χ2v) is 8.16. The average molecular weight is 387 g/mol. The SMILES string of the molecule is C=C(Cc1ccc(CCC)c(F)c1)C1CCC(c2ccc(C)c(F)c2F)CC1. The van der Waals surface area contributed by atoms with Crippen molar-refractivity contribution in [1.29, 1.82) is 0 Å². The van der Waals surface area contributed by atoms with Crippen LogP contribution in [0.2, 0.25) is 0 Å². The highest BCUT2D eigenvalue weighted by molar-refractivity contribution is 5.30. The van der Waals surface area contributed by atoms with Crippen molar-refractivity contribution in [2.45, 2.75) is 64.7 Å². The summed E-state index contributed by atoms with van der Waals surface area (Å²) in [6.07, 6.45) is 5.83. The van der Waals surface area contributed by atoms with Crippen molar-refractivity contribution in [2.75, 3.05) is 0 Å². The number of rotatable bonds is 6. The normalized spacial score (nSPS) is 19.6. The fraction of sp³-hybridized carbons (Fsp3) is 0.440. The average Bonchev–Trinajstić information content (AvgIpc) is 2.69. The van der Waals surface area contributed by atoms with Gasteiger partial charge in [-0.05, 0) is 85.6 Å². The minimum absolute atomic E-state index is 0.0601. The van der Waals surface area contributed by atoms with Gasteiger partial charge < -0.3 is 0 Å². The van der Waals surface area contributed by atoms with Crippen molar-refractivity contribution in [2.24, 2.45) is 5.92 Å². The van der Waals surface area contributed by atoms with Gasteiger partial charge in [0.15, 0.2) is 11.6 Å². The zero-order chi connectivity index (χ0) is 20.3. The number of aryl methyl sites for hydroxylation is 2. The molecule has 3 rings (SSSR count). The molecule has 1 fully saturated rings. The molecule has 0 atom stereocenters. The first kappa shape index (κ1) is 20.7. The molecule has 0 spiro atoms. The first-order valence-corrected chi connectivity index (χ1v) is 10.3. The van der Waals surface area contributed by atoms with E-state index in [-0.39, 0.29) is 11.7 Å². The first-order chi connectivity index (χ1) is 13.4. The smallest absolute Gasteiger partial charge is 0.162 e. The molecule has 2 aromatic carbocycles. The van der Waals surface area contributed by atoms with Gasteiger partial charge in [0.1, 0.15) is 5.82 Å². The molecule has 1 aliphatic rings. The lowest BCUT2D eigenvalue weighted by molar-refractivity contribution is 0.350. The molecule has 0 heterocycles. The molecule has 0 N–H and O–H groups in total. The van der Waals surface area contributed by atoms with Crippen LogP contribution in [-0.2, 0) is 12.8 Å². The van der Waals surface area contributed by atoms with Crippen molar-refractivity contribution in [3.63, 3.8) is 0 Å². The molecule has 2 aromatic rings. The Labute approximate surface area is 166 Å². The fourth-order valence-electron chi connectivity index (χ4n) is 4.37. The van der Waals surface area contributed by atoms with Gasteiger partial charge in [-0.15, -0.1) is 0 Å². The molecule has 1 aliphatic carbocycles. The molecule has 0 amide bonds. The Balaban J connectivity index is 1.60. The molecule has 3 heteroatoms. The van der Waals surface area contributed by atoms with Crippen LogP contribution in [-0.4, -0.2) is 0 Å². The van der Waals surface area contributed by atoms with E-state index in [2.05, 4.69) is 6.58 Å². The molecule has 150 valence electrons. The molecule has 1 saturated carbocycles. The Kier molecular flexibility index (Phi) is 6.64. The third-order valence-electron chi connectivity index (χ3n) is 6.12. The van der Waals surface area contributed by atoms with E-state index < -0.39 is 11.6 Å². The first-order valence-electron chi connectivity index (χ1n) is 10.3. The van der Waals surface area contributed by atoms with Gasteiger partial charge in [-0.2, -0.15) is 0 Å². The van der Waals surface area contributed by atoms with Crippen LogP contribution in [0.25, 0.3) is 0 Å². The number of halogens is 3. The molecular formula is C25H29F3. The van der Waals surface area contributed by atoms with E-state index in [1.54, 1.807) is 25.1 Å². The van der Waals surface area contributed by atoms with E-state index in [1.165, 1.54) is 0 Å². The Hall–Kier alpha value is -2.03. The van der Waals surface area contributed by atoms with Crippen LogP contribution in [0.4, 0.5) is 13.2 Å². The van der Waals surface area contributed by atoms with Crippen molar-refractivity contribution < 1.29 is 13.2 Å². The standard InChI is InChI=1S/C25H29F3/c1-4-5-21-8-7-18(15-23(21)26)14-17(3)19-9-11-20(12-10-19)22-13-6-16(2)24(27)25(22)28/h6-8,13,15,19-20H,3-5,9-12,14H2,1-2H3. The predicted octanol–water partition coefficient (Wildman–Crippen LogP) is 7.44. The second kappa shape index (κ2) is 8.98. The van der Waals surface area contributed by atoms with Crippen LogP contribution in [0.1, 0.15) is 67.2 Å². The maximum atomic E-state index is 14.3. The third-order valence-corrected chi connectivity index (χ3v) is 6.12. The summed E-state index contributed by atoms with van der Waals surface area (Å²) in [6.45, 7) is 7.87. The van der Waals surface area contributed by atoms with Crippen molar-refractivity contribution >= 4 is 0 Å². The largest absolute Gasteiger partial charge is 0.207 e. The van der Waals surface area contributed by atoms with Crippen LogP contribution in [0.15, 0.2) is 42.5 Å². The molecular weight excluding hydrogens is 357 g/mol. The molecule has 0 unspecified atom stereocenters. The highest BCUT2D eigenvalue weighted by Crippen LogP contribution is 2.40. The van der Waals surface area contributed by atoms with Crippen LogP contribution in [0.3, 0.4) is 0 Å². The number of hydrogen-bond acceptors (Lipinski definition) is 0. The summed E-state index contributed by atoms with van der Waals surface area (Å²) in [5.41, 5.74) is 3.68. The molecule has 0 bridgehead atoms. The minimum Gasteiger partial charge on any atom is -0.207 e. The molecule has 0 radical (unpaired) electrons. The van der Waals surface area contributed by atoms with Crippen LogP contribution in [0, 0.1) is 30.3 Å². The maximum Gasteiger partial charge on any atom is 0.162 e. The van der Waals surface area contributed by atoms with Gasteiger partial charge in [-0.25, -0.2) is 13.2 Å². The third kappa shape index (κ3) is 4.51. The minimum atomic E-state index is -0.724. The predicted molar refractivity (Wildman–Crippen MR) is 109 cm³/mol. The molecule has 28 heavy (non-hydrogen) atoms. The lowest BCUT2D eigenvalue weighted by atomic mass is 9.75. The maximum absolute atomic E-state index is 14.3. The van der Waals surface area contributed by atoms with Gasteiger partial charge in [0.25, 0.3) is 0 Å². The van der Waals surface area contributed by atoms with Gasteiger partial charge in [0.2, 0.25) is 0 Å². The molecule has 0 nitrogen and oxygen atoms in total. The Bertz CT molecular complexity index is 845. The highest BCUT2D eigenvalue weighted by atomic mass is 19.2. The molecule has 0 aliphatic heterocycles. The summed E-state index contributed by atoms with van der Waals surface area (Å²) < 4.78 is 42.3. The Morgan fingerprint density at radius 3 is 2.36 bits per heavy atom. The quantitative estimate of drug-likeness (QED) is 0.453. The lowest BCUT2D eigenvalue weighted by Gasteiger charge is -2.30. The van der Waals surface area contributed by atoms with Gasteiger partial charge in [-0.1, -0.05) is 49.8 Å². The second-order valence-electron chi connectivity index (χ2n) is 8.16. The number of allylic oxidation sites excluding steroid dienone is 1. The monoisotopic (exact) mass is 386 g/mol. The summed E-state index contributed by atoms with van der Waals surface area (Å²) in [5, 5.41) is 0. The topological polar surface area (TPSA) is 0 Å². The van der Waals surface area contributed by atoms with Gasteiger partial charge in [-0.3, -0.25) is 0 Å². The number of benzene rings is 2. The van der Waals surface area contributed by atoms with E-state index >= 15 is 0 Å². The van der Waals surface area contributed by atoms with Crippen molar-refractivity contribution in [3.8, 4) is 0 Å². The van der Waals surface area contributed by atoms with E-state index in [1.807, 2.05) is 19.1 Å². The summed E-state index contributed by atoms with van der Waals surface area (Å²) >= 11 is 0. The van der Waals surface area contributed by atoms with Crippen molar-refractivity contribution in [3.05, 3.63) is 82.2 Å². The van der Waals surface area contributed by atoms with E-state index in [4.69, 9.17) is 0 Å². The summed E-state index contributed by atoms with van der Waals surface area (Å²) in [7, 11) is 0. The van der Waals surface area contributed by atoms with Crippen LogP contribution in [0.5, 0.6) is 0 Å². The van der Waals surface area contributed by atoms with Crippen molar-refractivity contribution in [1.82, 2.24) is 0 Å². The zero-order valence-electron chi connectivity index (χ0n) is 16.8. The number of hydrogen-bond donors (Lipinski definition) is 0. The van der Waals surface area contributed by atoms with E-state index in [0.717, 1.165) is 55.2 Å². The zero-order valence-corrected chi connectivity index (χ0v) is 16.8. The Morgan fingerprint density at radius 1 is 1.00 bits per heavy atom. The van der Waals surface area contributed by atoms with E-state index in [0.29, 0.717) is 23.5 Å². The Morgan fingerprint density at radius 2 is 1.71 bits per heavy atom. The fourth-order valence-corrected chi connectivity index (χ4v) is 4.37. The van der Waals surface area contributed by atoms with Gasteiger partial charge in [0, 0.05) is 0 Å².